The van der Waals surface area contributed by atoms with Crippen LogP contribution in [0.5, 0.6) is 17.5 Å². The molecule has 2 aromatic heterocycles. The maximum atomic E-state index is 12.5. The Morgan fingerprint density at radius 2 is 2.21 bits per heavy atom. The second-order valence-corrected chi connectivity index (χ2v) is 7.55. The van der Waals surface area contributed by atoms with Crippen LogP contribution in [0.25, 0.3) is 11.3 Å². The Hall–Kier alpha value is -2.87. The highest BCUT2D eigenvalue weighted by atomic mass is 79.9. The van der Waals surface area contributed by atoms with E-state index in [0.717, 1.165) is 22.2 Å². The minimum absolute atomic E-state index is 0.220. The maximum absolute atomic E-state index is 12.5. The summed E-state index contributed by atoms with van der Waals surface area (Å²) in [5.41, 5.74) is 2.73. The molecule has 0 saturated heterocycles. The Bertz CT molecular complexity index is 1110. The zero-order valence-electron chi connectivity index (χ0n) is 14.8. The molecule has 1 atom stereocenters. The zero-order chi connectivity index (χ0) is 19.1. The molecule has 0 saturated carbocycles. The molecule has 0 bridgehead atoms. The second kappa shape index (κ2) is 6.94. The van der Waals surface area contributed by atoms with Crippen molar-refractivity contribution in [1.82, 2.24) is 14.5 Å². The van der Waals surface area contributed by atoms with E-state index in [4.69, 9.17) is 14.2 Å². The maximum Gasteiger partial charge on any atom is 0.351 e. The van der Waals surface area contributed by atoms with Gasteiger partial charge in [0.2, 0.25) is 5.88 Å². The molecule has 28 heavy (non-hydrogen) atoms. The van der Waals surface area contributed by atoms with Crippen LogP contribution >= 0.6 is 15.9 Å². The number of hydrogen-bond donors (Lipinski definition) is 0. The molecule has 0 aliphatic carbocycles. The summed E-state index contributed by atoms with van der Waals surface area (Å²) in [7, 11) is 0. The molecule has 4 heterocycles. The van der Waals surface area contributed by atoms with Gasteiger partial charge in [0.15, 0.2) is 11.9 Å². The molecular weight excluding hydrogens is 426 g/mol. The van der Waals surface area contributed by atoms with E-state index in [2.05, 4.69) is 32.0 Å². The van der Waals surface area contributed by atoms with Crippen molar-refractivity contribution in [3.05, 3.63) is 63.1 Å². The van der Waals surface area contributed by atoms with Crippen molar-refractivity contribution in [2.45, 2.75) is 19.1 Å². The van der Waals surface area contributed by atoms with Crippen LogP contribution in [0.4, 0.5) is 0 Å². The van der Waals surface area contributed by atoms with E-state index in [1.807, 2.05) is 18.2 Å². The first-order valence-electron chi connectivity index (χ1n) is 8.95. The van der Waals surface area contributed by atoms with E-state index < -0.39 is 0 Å². The molecule has 0 spiro atoms. The first-order chi connectivity index (χ1) is 13.7. The van der Waals surface area contributed by atoms with Crippen LogP contribution in [0.2, 0.25) is 0 Å². The highest BCUT2D eigenvalue weighted by molar-refractivity contribution is 9.10. The molecule has 2 aliphatic rings. The van der Waals surface area contributed by atoms with E-state index in [9.17, 15) is 4.79 Å². The Kier molecular flexibility index (Phi) is 4.27. The minimum Gasteiger partial charge on any atom is -0.478 e. The molecule has 0 unspecified atom stereocenters. The first-order valence-corrected chi connectivity index (χ1v) is 9.74. The summed E-state index contributed by atoms with van der Waals surface area (Å²) in [4.78, 5) is 20.7. The van der Waals surface area contributed by atoms with Crippen LogP contribution in [0.3, 0.4) is 0 Å². The lowest BCUT2D eigenvalue weighted by Crippen LogP contribution is -2.35. The second-order valence-electron chi connectivity index (χ2n) is 6.63. The summed E-state index contributed by atoms with van der Waals surface area (Å²) in [6.45, 7) is 1.15. The number of nitrogens with zero attached hydrogens (tertiary/aromatic N) is 3. The number of pyridine rings is 1. The molecule has 0 N–H and O–H groups in total. The molecule has 0 amide bonds. The molecule has 2 aliphatic heterocycles. The van der Waals surface area contributed by atoms with Crippen LogP contribution in [0, 0.1) is 0 Å². The average Bonchev–Trinajstić information content (AvgIpc) is 2.71. The summed E-state index contributed by atoms with van der Waals surface area (Å²) >= 11 is 3.50. The van der Waals surface area contributed by atoms with Gasteiger partial charge in [-0.2, -0.15) is 4.98 Å². The fourth-order valence-electron chi connectivity index (χ4n) is 3.47. The molecule has 7 nitrogen and oxygen atoms in total. The molecule has 3 aromatic rings. The van der Waals surface area contributed by atoms with Crippen LogP contribution in [0.15, 0.2) is 51.9 Å². The Morgan fingerprint density at radius 3 is 3.14 bits per heavy atom. The van der Waals surface area contributed by atoms with Gasteiger partial charge in [0.1, 0.15) is 13.2 Å². The molecule has 0 radical (unpaired) electrons. The summed E-state index contributed by atoms with van der Waals surface area (Å²) in [5.74, 6) is 1.35. The fraction of sp³-hybridized carbons (Fsp3) is 0.250. The van der Waals surface area contributed by atoms with Crippen LogP contribution in [0.1, 0.15) is 5.56 Å². The third-order valence-corrected chi connectivity index (χ3v) is 5.28. The summed E-state index contributed by atoms with van der Waals surface area (Å²) in [6, 6.07) is 11.5. The molecule has 0 fully saturated rings. The topological polar surface area (TPSA) is 75.5 Å². The third kappa shape index (κ3) is 3.13. The van der Waals surface area contributed by atoms with Crippen LogP contribution in [-0.2, 0) is 13.0 Å². The van der Waals surface area contributed by atoms with Gasteiger partial charge in [-0.1, -0.05) is 22.0 Å². The highest BCUT2D eigenvalue weighted by Crippen LogP contribution is 2.32. The summed E-state index contributed by atoms with van der Waals surface area (Å²) in [5, 5.41) is 0. The average molecular weight is 442 g/mol. The third-order valence-electron chi connectivity index (χ3n) is 4.79. The fourth-order valence-corrected chi connectivity index (χ4v) is 3.88. The number of aryl methyl sites for hydroxylation is 1. The first kappa shape index (κ1) is 17.2. The van der Waals surface area contributed by atoms with E-state index in [1.54, 1.807) is 22.9 Å². The van der Waals surface area contributed by atoms with Crippen LogP contribution in [-0.4, -0.2) is 33.9 Å². The summed E-state index contributed by atoms with van der Waals surface area (Å²) < 4.78 is 19.9. The van der Waals surface area contributed by atoms with Gasteiger partial charge in [-0.25, -0.2) is 9.78 Å². The molecular formula is C20H16BrN3O4. The smallest absolute Gasteiger partial charge is 0.351 e. The number of aromatic nitrogens is 3. The van der Waals surface area contributed by atoms with Gasteiger partial charge >= 0.3 is 5.69 Å². The van der Waals surface area contributed by atoms with Gasteiger partial charge in [0.05, 0.1) is 5.69 Å². The van der Waals surface area contributed by atoms with Crippen molar-refractivity contribution in [2.75, 3.05) is 13.2 Å². The van der Waals surface area contributed by atoms with Gasteiger partial charge in [0, 0.05) is 28.8 Å². The number of benzene rings is 1. The Balaban J connectivity index is 1.38. The van der Waals surface area contributed by atoms with E-state index in [1.165, 1.54) is 5.56 Å². The Morgan fingerprint density at radius 1 is 1.29 bits per heavy atom. The SMILES string of the molecule is O=c1nc(OC[C@H]2COc3ncccc3O2)cc2n1CCc1cc(Br)ccc1-2. The summed E-state index contributed by atoms with van der Waals surface area (Å²) in [6.07, 6.45) is 2.14. The largest absolute Gasteiger partial charge is 0.478 e. The Labute approximate surface area is 169 Å². The number of fused-ring (bicyclic) bond motifs is 4. The number of ether oxygens (including phenoxy) is 3. The van der Waals surface area contributed by atoms with Gasteiger partial charge < -0.3 is 14.2 Å². The lowest BCUT2D eigenvalue weighted by atomic mass is 9.98. The van der Waals surface area contributed by atoms with Gasteiger partial charge in [-0.3, -0.25) is 4.57 Å². The normalized spacial score (nSPS) is 16.8. The van der Waals surface area contributed by atoms with Crippen LogP contribution < -0.4 is 19.9 Å². The standard InChI is InChI=1S/C20H16BrN3O4/c21-13-3-4-15-12(8-13)5-7-24-16(15)9-18(23-20(24)25)26-10-14-11-27-19-17(28-14)2-1-6-22-19/h1-4,6,8-9,14H,5,7,10-11H2/t14-/m0/s1. The van der Waals surface area contributed by atoms with Gasteiger partial charge in [-0.15, -0.1) is 0 Å². The van der Waals surface area contributed by atoms with Crippen molar-refractivity contribution in [2.24, 2.45) is 0 Å². The molecule has 1 aromatic carbocycles. The highest BCUT2D eigenvalue weighted by Gasteiger charge is 2.24. The van der Waals surface area contributed by atoms with Crippen molar-refractivity contribution in [1.29, 1.82) is 0 Å². The monoisotopic (exact) mass is 441 g/mol. The van der Waals surface area contributed by atoms with E-state index in [0.29, 0.717) is 24.8 Å². The molecule has 142 valence electrons. The molecule has 8 heteroatoms. The minimum atomic E-state index is -0.309. The number of halogens is 1. The zero-order valence-corrected chi connectivity index (χ0v) is 16.4. The quantitative estimate of drug-likeness (QED) is 0.621. The lowest BCUT2D eigenvalue weighted by Gasteiger charge is -2.25. The van der Waals surface area contributed by atoms with Crippen molar-refractivity contribution >= 4 is 15.9 Å². The van der Waals surface area contributed by atoms with E-state index >= 15 is 0 Å². The van der Waals surface area contributed by atoms with Crippen molar-refractivity contribution < 1.29 is 14.2 Å². The van der Waals surface area contributed by atoms with Gasteiger partial charge in [0.25, 0.3) is 5.88 Å². The predicted octanol–water partition coefficient (Wildman–Crippen LogP) is 2.84. The van der Waals surface area contributed by atoms with Gasteiger partial charge in [-0.05, 0) is 36.2 Å². The van der Waals surface area contributed by atoms with Crippen molar-refractivity contribution in [3.8, 4) is 28.8 Å². The van der Waals surface area contributed by atoms with Crippen molar-refractivity contribution in [3.63, 3.8) is 0 Å². The molecule has 5 rings (SSSR count). The number of rotatable bonds is 3. The number of hydrogen-bond acceptors (Lipinski definition) is 6. The van der Waals surface area contributed by atoms with E-state index in [-0.39, 0.29) is 24.3 Å². The predicted molar refractivity (Wildman–Crippen MR) is 105 cm³/mol. The lowest BCUT2D eigenvalue weighted by molar-refractivity contribution is 0.0486.